The Labute approximate surface area is 124 Å². The predicted molar refractivity (Wildman–Crippen MR) is 70.5 cm³/mol. The number of nitrogens with zero attached hydrogens (tertiary/aromatic N) is 1. The molecule has 0 aliphatic carbocycles. The van der Waals surface area contributed by atoms with Gasteiger partial charge in [0.15, 0.2) is 11.9 Å². The number of hydrogen-bond acceptors (Lipinski definition) is 6. The van der Waals surface area contributed by atoms with E-state index in [0.717, 1.165) is 0 Å². The third-order valence-corrected chi connectivity index (χ3v) is 2.63. The van der Waals surface area contributed by atoms with Crippen molar-refractivity contribution in [3.8, 4) is 5.75 Å². The van der Waals surface area contributed by atoms with Gasteiger partial charge in [-0.1, -0.05) is 29.3 Å². The highest BCUT2D eigenvalue weighted by Gasteiger charge is 2.17. The van der Waals surface area contributed by atoms with Crippen LogP contribution in [0.4, 0.5) is 0 Å². The first kappa shape index (κ1) is 16.3. The maximum Gasteiger partial charge on any atom is 0.303 e. The van der Waals surface area contributed by atoms with Crippen molar-refractivity contribution in [3.63, 3.8) is 0 Å². The van der Waals surface area contributed by atoms with Crippen molar-refractivity contribution in [1.29, 1.82) is 0 Å². The number of para-hydroxylation sites is 1. The summed E-state index contributed by atoms with van der Waals surface area (Å²) >= 11 is 11.8. The number of esters is 1. The molecule has 0 heterocycles. The third-order valence-electron chi connectivity index (χ3n) is 2.03. The van der Waals surface area contributed by atoms with Crippen LogP contribution in [0.1, 0.15) is 6.92 Å². The van der Waals surface area contributed by atoms with Crippen molar-refractivity contribution in [2.45, 2.75) is 13.0 Å². The lowest BCUT2D eigenvalue weighted by Gasteiger charge is -2.17. The molecule has 9 heteroatoms. The molecule has 1 rings (SSSR count). The van der Waals surface area contributed by atoms with Gasteiger partial charge in [0.1, 0.15) is 13.2 Å². The zero-order valence-corrected chi connectivity index (χ0v) is 11.9. The van der Waals surface area contributed by atoms with E-state index in [1.807, 2.05) is 0 Å². The molecule has 0 saturated carbocycles. The Morgan fingerprint density at radius 2 is 1.95 bits per heavy atom. The molecule has 0 aliphatic heterocycles. The second-order valence-corrected chi connectivity index (χ2v) is 4.43. The van der Waals surface area contributed by atoms with Gasteiger partial charge in [-0.25, -0.2) is 0 Å². The molecule has 7 nitrogen and oxygen atoms in total. The van der Waals surface area contributed by atoms with Crippen LogP contribution in [0.5, 0.6) is 5.75 Å². The first-order chi connectivity index (χ1) is 9.40. The van der Waals surface area contributed by atoms with E-state index >= 15 is 0 Å². The van der Waals surface area contributed by atoms with E-state index in [9.17, 15) is 14.9 Å². The largest absolute Gasteiger partial charge is 0.487 e. The second-order valence-electron chi connectivity index (χ2n) is 3.61. The molecular weight excluding hydrogens is 313 g/mol. The highest BCUT2D eigenvalue weighted by molar-refractivity contribution is 6.37. The molecule has 1 aromatic carbocycles. The van der Waals surface area contributed by atoms with Crippen LogP contribution in [0, 0.1) is 10.1 Å². The van der Waals surface area contributed by atoms with Gasteiger partial charge in [-0.15, -0.1) is 10.1 Å². The molecule has 0 amide bonds. The van der Waals surface area contributed by atoms with Crippen molar-refractivity contribution in [2.75, 3.05) is 13.2 Å². The van der Waals surface area contributed by atoms with Crippen LogP contribution in [0.25, 0.3) is 0 Å². The molecule has 1 aromatic rings. The monoisotopic (exact) mass is 323 g/mol. The van der Waals surface area contributed by atoms with Gasteiger partial charge >= 0.3 is 5.97 Å². The highest BCUT2D eigenvalue weighted by atomic mass is 35.5. The van der Waals surface area contributed by atoms with Gasteiger partial charge in [-0.2, -0.15) is 0 Å². The van der Waals surface area contributed by atoms with Gasteiger partial charge < -0.3 is 14.3 Å². The Hall–Kier alpha value is -1.73. The molecule has 0 N–H and O–H groups in total. The normalized spacial score (nSPS) is 11.6. The van der Waals surface area contributed by atoms with E-state index in [4.69, 9.17) is 32.7 Å². The Kier molecular flexibility index (Phi) is 6.33. The van der Waals surface area contributed by atoms with Crippen LogP contribution in [-0.4, -0.2) is 30.4 Å². The summed E-state index contributed by atoms with van der Waals surface area (Å²) in [6.07, 6.45) is -0.953. The summed E-state index contributed by atoms with van der Waals surface area (Å²) in [7, 11) is 0. The molecule has 0 radical (unpaired) electrons. The van der Waals surface area contributed by atoms with E-state index in [1.54, 1.807) is 18.2 Å². The average Bonchev–Trinajstić information content (AvgIpc) is 2.34. The molecule has 0 spiro atoms. The summed E-state index contributed by atoms with van der Waals surface area (Å²) in [5, 5.41) is 9.69. The van der Waals surface area contributed by atoms with Gasteiger partial charge in [0.2, 0.25) is 0 Å². The Morgan fingerprint density at radius 3 is 2.45 bits per heavy atom. The van der Waals surface area contributed by atoms with Crippen LogP contribution in [0.15, 0.2) is 18.2 Å². The number of hydrogen-bond donors (Lipinski definition) is 0. The summed E-state index contributed by atoms with van der Waals surface area (Å²) < 4.78 is 10.1. The maximum atomic E-state index is 10.9. The van der Waals surface area contributed by atoms with Crippen LogP contribution in [-0.2, 0) is 14.4 Å². The molecule has 0 unspecified atom stereocenters. The number of carbonyl (C=O) groups is 1. The molecule has 0 aliphatic rings. The zero-order valence-electron chi connectivity index (χ0n) is 10.4. The van der Waals surface area contributed by atoms with Gasteiger partial charge in [0.05, 0.1) is 10.0 Å². The second kappa shape index (κ2) is 7.76. The smallest absolute Gasteiger partial charge is 0.303 e. The average molecular weight is 324 g/mol. The lowest BCUT2D eigenvalue weighted by molar-refractivity contribution is -0.759. The summed E-state index contributed by atoms with van der Waals surface area (Å²) in [6, 6.07) is 4.77. The molecule has 1 atom stereocenters. The Bertz CT molecular complexity index is 476. The van der Waals surface area contributed by atoms with Crippen LogP contribution in [0.2, 0.25) is 10.0 Å². The lowest BCUT2D eigenvalue weighted by Crippen LogP contribution is -2.30. The van der Waals surface area contributed by atoms with E-state index in [1.165, 1.54) is 6.92 Å². The van der Waals surface area contributed by atoms with Crippen LogP contribution in [0.3, 0.4) is 0 Å². The maximum absolute atomic E-state index is 10.9. The minimum atomic E-state index is -0.987. The molecule has 0 saturated heterocycles. The lowest BCUT2D eigenvalue weighted by atomic mass is 10.3. The van der Waals surface area contributed by atoms with Crippen molar-refractivity contribution in [1.82, 2.24) is 0 Å². The first-order valence-corrected chi connectivity index (χ1v) is 6.17. The minimum Gasteiger partial charge on any atom is -0.487 e. The molecule has 110 valence electrons. The van der Waals surface area contributed by atoms with E-state index in [2.05, 4.69) is 4.84 Å². The Balaban J connectivity index is 2.65. The van der Waals surface area contributed by atoms with Crippen molar-refractivity contribution >= 4 is 29.2 Å². The summed E-state index contributed by atoms with van der Waals surface area (Å²) in [5.41, 5.74) is 0. The fourth-order valence-electron chi connectivity index (χ4n) is 1.29. The van der Waals surface area contributed by atoms with E-state index in [-0.39, 0.29) is 22.4 Å². The molecule has 0 bridgehead atoms. The summed E-state index contributed by atoms with van der Waals surface area (Å²) in [5.74, 6) is -0.412. The number of carbonyl (C=O) groups excluding carboxylic acids is 1. The first-order valence-electron chi connectivity index (χ1n) is 5.41. The van der Waals surface area contributed by atoms with Gasteiger partial charge in [-0.3, -0.25) is 4.79 Å². The Morgan fingerprint density at radius 1 is 1.35 bits per heavy atom. The van der Waals surface area contributed by atoms with E-state index in [0.29, 0.717) is 0 Å². The molecule has 0 fully saturated rings. The predicted octanol–water partition coefficient (Wildman–Crippen LogP) is 2.51. The molecule has 20 heavy (non-hydrogen) atoms. The fraction of sp³-hybridized carbons (Fsp3) is 0.364. The van der Waals surface area contributed by atoms with Crippen LogP contribution >= 0.6 is 23.2 Å². The van der Waals surface area contributed by atoms with Crippen molar-refractivity contribution < 1.29 is 24.2 Å². The summed E-state index contributed by atoms with van der Waals surface area (Å²) in [6.45, 7) is 0.535. The van der Waals surface area contributed by atoms with Crippen molar-refractivity contribution in [3.05, 3.63) is 38.4 Å². The van der Waals surface area contributed by atoms with Crippen LogP contribution < -0.4 is 4.74 Å². The van der Waals surface area contributed by atoms with E-state index < -0.39 is 23.8 Å². The van der Waals surface area contributed by atoms with Gasteiger partial charge in [0.25, 0.3) is 5.09 Å². The molecular formula is C11H11Cl2NO6. The number of halogens is 2. The number of ether oxygens (including phenoxy) is 2. The SMILES string of the molecule is CC(=O)O[C@@H](COc1c(Cl)cccc1Cl)CO[N+](=O)[O-]. The van der Waals surface area contributed by atoms with Gasteiger partial charge in [0, 0.05) is 6.92 Å². The zero-order chi connectivity index (χ0) is 15.1. The van der Waals surface area contributed by atoms with Gasteiger partial charge in [-0.05, 0) is 12.1 Å². The number of rotatable bonds is 7. The third kappa shape index (κ3) is 5.50. The standard InChI is InChI=1S/C11H11Cl2NO6/c1-7(15)20-8(6-19-14(16)17)5-18-11-9(12)3-2-4-10(11)13/h2-4,8H,5-6H2,1H3/t8-/m0/s1. The molecule has 0 aromatic heterocycles. The topological polar surface area (TPSA) is 87.9 Å². The minimum absolute atomic E-state index is 0.184. The highest BCUT2D eigenvalue weighted by Crippen LogP contribution is 2.32. The quantitative estimate of drug-likeness (QED) is 0.435. The summed E-state index contributed by atoms with van der Waals surface area (Å²) in [4.78, 5) is 25.2. The fourth-order valence-corrected chi connectivity index (χ4v) is 1.80. The number of benzene rings is 1. The van der Waals surface area contributed by atoms with Crippen molar-refractivity contribution in [2.24, 2.45) is 0 Å².